The van der Waals surface area contributed by atoms with Gasteiger partial charge in [0.05, 0.1) is 10.3 Å². The normalized spacial score (nSPS) is 16.1. The molecule has 5 rings (SSSR count). The Hall–Kier alpha value is -3.07. The molecule has 0 radical (unpaired) electrons. The van der Waals surface area contributed by atoms with Gasteiger partial charge in [0.25, 0.3) is 17.4 Å². The maximum atomic E-state index is 13.2. The molecule has 3 aromatic rings. The summed E-state index contributed by atoms with van der Waals surface area (Å²) in [7, 11) is 0. The maximum absolute atomic E-state index is 13.2. The molecule has 0 saturated carbocycles. The number of hydrogen-bond acceptors (Lipinski definition) is 5. The van der Waals surface area contributed by atoms with Gasteiger partial charge in [-0.05, 0) is 43.2 Å². The van der Waals surface area contributed by atoms with E-state index >= 15 is 0 Å². The van der Waals surface area contributed by atoms with Crippen molar-refractivity contribution in [2.75, 3.05) is 26.2 Å². The number of aromatic nitrogens is 2. The highest BCUT2D eigenvalue weighted by Crippen LogP contribution is 2.30. The number of piperazine rings is 1. The van der Waals surface area contributed by atoms with Gasteiger partial charge >= 0.3 is 0 Å². The van der Waals surface area contributed by atoms with E-state index in [4.69, 9.17) is 0 Å². The van der Waals surface area contributed by atoms with Crippen molar-refractivity contribution in [1.82, 2.24) is 19.4 Å². The molecule has 0 unspecified atom stereocenters. The number of thiophene rings is 1. The zero-order valence-corrected chi connectivity index (χ0v) is 17.9. The summed E-state index contributed by atoms with van der Waals surface area (Å²) in [6.45, 7) is 4.11. The number of amides is 2. The molecule has 31 heavy (non-hydrogen) atoms. The fourth-order valence-corrected chi connectivity index (χ4v) is 5.47. The minimum Gasteiger partial charge on any atom is -0.335 e. The van der Waals surface area contributed by atoms with E-state index in [9.17, 15) is 18.8 Å². The first-order chi connectivity index (χ1) is 14.9. The number of fused-ring (bicyclic) bond motifs is 2. The molecule has 2 aliphatic heterocycles. The van der Waals surface area contributed by atoms with Crippen molar-refractivity contribution in [3.05, 3.63) is 62.3 Å². The molecule has 4 heterocycles. The Bertz CT molecular complexity index is 1260. The van der Waals surface area contributed by atoms with Crippen LogP contribution < -0.4 is 5.56 Å². The van der Waals surface area contributed by atoms with Crippen LogP contribution in [0.2, 0.25) is 0 Å². The quantitative estimate of drug-likeness (QED) is 0.614. The number of rotatable bonds is 2. The summed E-state index contributed by atoms with van der Waals surface area (Å²) in [4.78, 5) is 47.9. The van der Waals surface area contributed by atoms with Crippen LogP contribution in [0.15, 0.2) is 29.1 Å². The smallest absolute Gasteiger partial charge is 0.264 e. The van der Waals surface area contributed by atoms with Gasteiger partial charge in [0, 0.05) is 44.7 Å². The van der Waals surface area contributed by atoms with Crippen LogP contribution in [-0.2, 0) is 13.0 Å². The van der Waals surface area contributed by atoms with Gasteiger partial charge in [-0.3, -0.25) is 19.0 Å². The highest BCUT2D eigenvalue weighted by molar-refractivity contribution is 7.20. The van der Waals surface area contributed by atoms with Crippen LogP contribution in [0.1, 0.15) is 37.8 Å². The van der Waals surface area contributed by atoms with Crippen LogP contribution >= 0.6 is 11.3 Å². The third-order valence-corrected chi connectivity index (χ3v) is 7.22. The van der Waals surface area contributed by atoms with Crippen LogP contribution in [0.25, 0.3) is 10.2 Å². The largest absolute Gasteiger partial charge is 0.335 e. The van der Waals surface area contributed by atoms with Gasteiger partial charge in [0.2, 0.25) is 0 Å². The molecular formula is C22H21FN4O3S. The van der Waals surface area contributed by atoms with Crippen molar-refractivity contribution >= 4 is 33.4 Å². The molecule has 1 saturated heterocycles. The fraction of sp³-hybridized carbons (Fsp3) is 0.364. The molecule has 0 bridgehead atoms. The van der Waals surface area contributed by atoms with Crippen molar-refractivity contribution in [2.24, 2.45) is 0 Å². The summed E-state index contributed by atoms with van der Waals surface area (Å²) < 4.78 is 14.8. The Morgan fingerprint density at radius 1 is 1.00 bits per heavy atom. The van der Waals surface area contributed by atoms with Crippen molar-refractivity contribution in [2.45, 2.75) is 26.3 Å². The van der Waals surface area contributed by atoms with Gasteiger partial charge in [-0.25, -0.2) is 9.37 Å². The number of benzene rings is 1. The average Bonchev–Trinajstić information content (AvgIpc) is 3.38. The lowest BCUT2D eigenvalue weighted by Gasteiger charge is -2.34. The molecule has 0 aliphatic carbocycles. The highest BCUT2D eigenvalue weighted by atomic mass is 32.1. The summed E-state index contributed by atoms with van der Waals surface area (Å²) in [5.41, 5.74) is 1.07. The number of aryl methyl sites for hydroxylation is 2. The SMILES string of the molecule is Cc1c(C(=O)N2CCN(C(=O)c3ccc(F)cc3)CC2)sc2nc3n(c(=O)c12)CCC3. The molecule has 2 aliphatic rings. The van der Waals surface area contributed by atoms with Crippen LogP contribution in [0.3, 0.4) is 0 Å². The predicted molar refractivity (Wildman–Crippen MR) is 115 cm³/mol. The van der Waals surface area contributed by atoms with Gasteiger partial charge in [-0.1, -0.05) is 0 Å². The van der Waals surface area contributed by atoms with Gasteiger partial charge in [0.1, 0.15) is 16.5 Å². The third-order valence-electron chi connectivity index (χ3n) is 6.05. The zero-order valence-electron chi connectivity index (χ0n) is 17.1. The molecule has 0 N–H and O–H groups in total. The second kappa shape index (κ2) is 7.56. The second-order valence-corrected chi connectivity index (χ2v) is 8.92. The molecule has 2 aromatic heterocycles. The Morgan fingerprint density at radius 2 is 1.65 bits per heavy atom. The molecule has 7 nitrogen and oxygen atoms in total. The van der Waals surface area contributed by atoms with Crippen molar-refractivity contribution < 1.29 is 14.0 Å². The van der Waals surface area contributed by atoms with E-state index in [1.165, 1.54) is 35.6 Å². The summed E-state index contributed by atoms with van der Waals surface area (Å²) in [6, 6.07) is 5.48. The Labute approximate surface area is 181 Å². The first-order valence-corrected chi connectivity index (χ1v) is 11.1. The summed E-state index contributed by atoms with van der Waals surface area (Å²) >= 11 is 1.28. The molecule has 1 fully saturated rings. The third kappa shape index (κ3) is 3.33. The second-order valence-electron chi connectivity index (χ2n) is 7.92. The van der Waals surface area contributed by atoms with E-state index in [0.717, 1.165) is 18.7 Å². The molecule has 0 atom stereocenters. The summed E-state index contributed by atoms with van der Waals surface area (Å²) in [5, 5.41) is 0.545. The zero-order chi connectivity index (χ0) is 21.7. The van der Waals surface area contributed by atoms with Crippen LogP contribution in [0.5, 0.6) is 0 Å². The first-order valence-electron chi connectivity index (χ1n) is 10.3. The average molecular weight is 441 g/mol. The summed E-state index contributed by atoms with van der Waals surface area (Å²) in [6.07, 6.45) is 1.71. The highest BCUT2D eigenvalue weighted by Gasteiger charge is 2.29. The van der Waals surface area contributed by atoms with Crippen molar-refractivity contribution in [3.8, 4) is 0 Å². The number of carbonyl (C=O) groups excluding carboxylic acids is 2. The standard InChI is InChI=1S/C22H21FN4O3S/c1-13-17-19(24-16-3-2-8-27(16)21(17)29)31-18(13)22(30)26-11-9-25(10-12-26)20(28)14-4-6-15(23)7-5-14/h4-7H,2-3,8-12H2,1H3. The van der Waals surface area contributed by atoms with E-state index in [2.05, 4.69) is 4.98 Å². The molecule has 160 valence electrons. The molecule has 0 spiro atoms. The van der Waals surface area contributed by atoms with E-state index in [0.29, 0.717) is 58.9 Å². The minimum atomic E-state index is -0.384. The Balaban J connectivity index is 1.34. The van der Waals surface area contributed by atoms with Crippen LogP contribution in [0.4, 0.5) is 4.39 Å². The van der Waals surface area contributed by atoms with Gasteiger partial charge in [-0.15, -0.1) is 11.3 Å². The number of hydrogen-bond donors (Lipinski definition) is 0. The monoisotopic (exact) mass is 440 g/mol. The van der Waals surface area contributed by atoms with Crippen LogP contribution in [0, 0.1) is 12.7 Å². The maximum Gasteiger partial charge on any atom is 0.264 e. The van der Waals surface area contributed by atoms with Gasteiger partial charge < -0.3 is 9.80 Å². The topological polar surface area (TPSA) is 75.5 Å². The molecule has 1 aromatic carbocycles. The number of carbonyl (C=O) groups is 2. The van der Waals surface area contributed by atoms with E-state index in [1.54, 1.807) is 14.4 Å². The lowest BCUT2D eigenvalue weighted by atomic mass is 10.1. The van der Waals surface area contributed by atoms with E-state index in [-0.39, 0.29) is 23.2 Å². The van der Waals surface area contributed by atoms with Crippen molar-refractivity contribution in [3.63, 3.8) is 0 Å². The Kier molecular flexibility index (Phi) is 4.85. The first kappa shape index (κ1) is 19.9. The predicted octanol–water partition coefficient (Wildman–Crippen LogP) is 2.45. The molecule has 2 amide bonds. The minimum absolute atomic E-state index is 0.0555. The van der Waals surface area contributed by atoms with Gasteiger partial charge in [-0.2, -0.15) is 0 Å². The lowest BCUT2D eigenvalue weighted by Crippen LogP contribution is -2.50. The fourth-order valence-electron chi connectivity index (χ4n) is 4.31. The molecule has 9 heteroatoms. The Morgan fingerprint density at radius 3 is 2.32 bits per heavy atom. The van der Waals surface area contributed by atoms with Crippen molar-refractivity contribution in [1.29, 1.82) is 0 Å². The van der Waals surface area contributed by atoms with E-state index < -0.39 is 0 Å². The number of nitrogens with zero attached hydrogens (tertiary/aromatic N) is 4. The molecular weight excluding hydrogens is 419 g/mol. The van der Waals surface area contributed by atoms with E-state index in [1.807, 2.05) is 6.92 Å². The van der Waals surface area contributed by atoms with Crippen LogP contribution in [-0.4, -0.2) is 57.3 Å². The number of halogens is 1. The summed E-state index contributed by atoms with van der Waals surface area (Å²) in [5.74, 6) is 0.117. The van der Waals surface area contributed by atoms with Gasteiger partial charge in [0.15, 0.2) is 0 Å². The lowest BCUT2D eigenvalue weighted by molar-refractivity contribution is 0.0537.